The Kier molecular flexibility index (Phi) is 9.29. The van der Waals surface area contributed by atoms with Crippen LogP contribution in [-0.4, -0.2) is 87.0 Å². The highest BCUT2D eigenvalue weighted by molar-refractivity contribution is 7.80. The van der Waals surface area contributed by atoms with Crippen LogP contribution >= 0.6 is 12.6 Å². The Labute approximate surface area is 190 Å². The first-order valence-corrected chi connectivity index (χ1v) is 10.7. The van der Waals surface area contributed by atoms with Crippen LogP contribution < -0.4 is 16.4 Å². The number of aliphatic hydroxyl groups excluding tert-OH is 1. The monoisotopic (exact) mass is 468 g/mol. The van der Waals surface area contributed by atoms with Gasteiger partial charge in [-0.3, -0.25) is 14.4 Å². The molecule has 2 rings (SSSR count). The summed E-state index contributed by atoms with van der Waals surface area (Å²) in [5.74, 6) is -3.27. The number of benzene rings is 1. The lowest BCUT2D eigenvalue weighted by atomic mass is 10.0. The molecule has 1 aromatic rings. The molecule has 0 saturated carbocycles. The number of likely N-dealkylation sites (tertiary alicyclic amines) is 1. The molecule has 1 saturated heterocycles. The number of carbonyl (C=O) groups is 4. The van der Waals surface area contributed by atoms with Crippen molar-refractivity contribution < 1.29 is 34.5 Å². The number of carboxylic acid groups (broad SMARTS) is 1. The standard InChI is InChI=1S/C20H28N4O7S/c21-13(9-25)19(29)24-7-1-2-16(24)18(28)22-14(8-11-3-5-12(26)6-4-11)17(27)23-15(10-32)20(30)31/h3-6,13-16,25-26,32H,1-2,7-10,21H2,(H,22,28)(H,23,27)(H,30,31). The highest BCUT2D eigenvalue weighted by Gasteiger charge is 2.37. The minimum absolute atomic E-state index is 0.0214. The number of nitrogens with zero attached hydrogens (tertiary/aromatic N) is 1. The minimum atomic E-state index is -1.27. The van der Waals surface area contributed by atoms with Crippen molar-refractivity contribution in [3.05, 3.63) is 29.8 Å². The van der Waals surface area contributed by atoms with Gasteiger partial charge in [-0.15, -0.1) is 0 Å². The van der Waals surface area contributed by atoms with Crippen molar-refractivity contribution in [3.63, 3.8) is 0 Å². The van der Waals surface area contributed by atoms with Gasteiger partial charge < -0.3 is 36.6 Å². The Hall–Kier alpha value is -2.83. The van der Waals surface area contributed by atoms with Crippen LogP contribution in [0.4, 0.5) is 0 Å². The van der Waals surface area contributed by atoms with E-state index >= 15 is 0 Å². The molecule has 11 nitrogen and oxygen atoms in total. The van der Waals surface area contributed by atoms with Gasteiger partial charge in [-0.1, -0.05) is 12.1 Å². The van der Waals surface area contributed by atoms with E-state index in [9.17, 15) is 29.4 Å². The number of nitrogens with one attached hydrogen (secondary N) is 2. The molecular formula is C20H28N4O7S. The zero-order chi connectivity index (χ0) is 23.8. The van der Waals surface area contributed by atoms with Crippen LogP contribution in [-0.2, 0) is 25.6 Å². The van der Waals surface area contributed by atoms with Crippen LogP contribution in [0.15, 0.2) is 24.3 Å². The summed E-state index contributed by atoms with van der Waals surface area (Å²) in [6, 6.07) is 1.58. The predicted octanol–water partition coefficient (Wildman–Crippen LogP) is -1.77. The Morgan fingerprint density at radius 1 is 1.16 bits per heavy atom. The van der Waals surface area contributed by atoms with E-state index in [0.717, 1.165) is 0 Å². The molecule has 32 heavy (non-hydrogen) atoms. The summed E-state index contributed by atoms with van der Waals surface area (Å²) in [6.07, 6.45) is 0.933. The van der Waals surface area contributed by atoms with E-state index in [2.05, 4.69) is 23.3 Å². The van der Waals surface area contributed by atoms with Gasteiger partial charge in [0.05, 0.1) is 6.61 Å². The predicted molar refractivity (Wildman–Crippen MR) is 117 cm³/mol. The average molecular weight is 469 g/mol. The lowest BCUT2D eigenvalue weighted by Gasteiger charge is -2.28. The lowest BCUT2D eigenvalue weighted by Crippen LogP contribution is -2.57. The van der Waals surface area contributed by atoms with Crippen LogP contribution in [0.5, 0.6) is 5.75 Å². The number of rotatable bonds is 10. The van der Waals surface area contributed by atoms with Crippen molar-refractivity contribution in [3.8, 4) is 5.75 Å². The van der Waals surface area contributed by atoms with Gasteiger partial charge in [-0.2, -0.15) is 12.6 Å². The number of aliphatic hydroxyl groups is 1. The zero-order valence-corrected chi connectivity index (χ0v) is 18.2. The normalized spacial score (nSPS) is 18.5. The molecule has 0 spiro atoms. The smallest absolute Gasteiger partial charge is 0.327 e. The molecule has 1 aliphatic heterocycles. The molecule has 0 radical (unpaired) electrons. The SMILES string of the molecule is NC(CO)C(=O)N1CCCC1C(=O)NC(Cc1ccc(O)cc1)C(=O)NC(CS)C(=O)O. The second-order valence-corrected chi connectivity index (χ2v) is 7.86. The molecule has 4 atom stereocenters. The van der Waals surface area contributed by atoms with Gasteiger partial charge in [0.1, 0.15) is 29.9 Å². The maximum Gasteiger partial charge on any atom is 0.327 e. The Morgan fingerprint density at radius 2 is 1.81 bits per heavy atom. The van der Waals surface area contributed by atoms with Crippen LogP contribution in [0.3, 0.4) is 0 Å². The number of aromatic hydroxyl groups is 1. The largest absolute Gasteiger partial charge is 0.508 e. The first kappa shape index (κ1) is 25.4. The Morgan fingerprint density at radius 3 is 2.38 bits per heavy atom. The number of aliphatic carboxylic acids is 1. The number of amides is 3. The third-order valence-electron chi connectivity index (χ3n) is 5.16. The Balaban J connectivity index is 2.19. The maximum atomic E-state index is 13.0. The highest BCUT2D eigenvalue weighted by atomic mass is 32.1. The number of carboxylic acids is 1. The van der Waals surface area contributed by atoms with Crippen LogP contribution in [0.2, 0.25) is 0 Å². The zero-order valence-electron chi connectivity index (χ0n) is 17.3. The van der Waals surface area contributed by atoms with E-state index in [1.807, 2.05) is 0 Å². The van der Waals surface area contributed by atoms with Crippen molar-refractivity contribution in [2.45, 2.75) is 43.4 Å². The summed E-state index contributed by atoms with van der Waals surface area (Å²) < 4.78 is 0. The third kappa shape index (κ3) is 6.58. The van der Waals surface area contributed by atoms with E-state index < -0.39 is 54.5 Å². The summed E-state index contributed by atoms with van der Waals surface area (Å²) in [4.78, 5) is 50.7. The topological polar surface area (TPSA) is 182 Å². The molecule has 3 amide bonds. The third-order valence-corrected chi connectivity index (χ3v) is 5.52. The fraction of sp³-hybridized carbons (Fsp3) is 0.500. The van der Waals surface area contributed by atoms with Gasteiger partial charge in [0.2, 0.25) is 17.7 Å². The fourth-order valence-electron chi connectivity index (χ4n) is 3.40. The van der Waals surface area contributed by atoms with E-state index in [1.165, 1.54) is 17.0 Å². The highest BCUT2D eigenvalue weighted by Crippen LogP contribution is 2.19. The summed E-state index contributed by atoms with van der Waals surface area (Å²) in [5, 5.41) is 32.7. The first-order valence-electron chi connectivity index (χ1n) is 10.1. The van der Waals surface area contributed by atoms with Gasteiger partial charge in [0.15, 0.2) is 0 Å². The number of phenols is 1. The second-order valence-electron chi connectivity index (χ2n) is 7.49. The van der Waals surface area contributed by atoms with E-state index in [-0.39, 0.29) is 17.9 Å². The Bertz CT molecular complexity index is 836. The molecular weight excluding hydrogens is 440 g/mol. The van der Waals surface area contributed by atoms with Gasteiger partial charge in [0.25, 0.3) is 0 Å². The van der Waals surface area contributed by atoms with Gasteiger partial charge in [-0.05, 0) is 30.5 Å². The van der Waals surface area contributed by atoms with Crippen LogP contribution in [0.25, 0.3) is 0 Å². The maximum absolute atomic E-state index is 13.0. The molecule has 1 aromatic carbocycles. The number of nitrogens with two attached hydrogens (primary N) is 1. The van der Waals surface area contributed by atoms with Crippen molar-refractivity contribution >= 4 is 36.3 Å². The van der Waals surface area contributed by atoms with E-state index in [4.69, 9.17) is 10.8 Å². The molecule has 176 valence electrons. The quantitative estimate of drug-likeness (QED) is 0.197. The molecule has 1 fully saturated rings. The molecule has 0 bridgehead atoms. The second kappa shape index (κ2) is 11.7. The molecule has 1 aliphatic rings. The lowest BCUT2D eigenvalue weighted by molar-refractivity contribution is -0.142. The van der Waals surface area contributed by atoms with Crippen LogP contribution in [0, 0.1) is 0 Å². The first-order chi connectivity index (χ1) is 15.2. The summed E-state index contributed by atoms with van der Waals surface area (Å²) in [7, 11) is 0. The minimum Gasteiger partial charge on any atom is -0.508 e. The number of hydrogen-bond acceptors (Lipinski definition) is 8. The number of phenolic OH excluding ortho intramolecular Hbond substituents is 1. The summed E-state index contributed by atoms with van der Waals surface area (Å²) in [5.41, 5.74) is 6.21. The summed E-state index contributed by atoms with van der Waals surface area (Å²) >= 11 is 3.92. The van der Waals surface area contributed by atoms with Gasteiger partial charge >= 0.3 is 5.97 Å². The molecule has 7 N–H and O–H groups in total. The van der Waals surface area contributed by atoms with E-state index in [1.54, 1.807) is 12.1 Å². The number of thiol groups is 1. The van der Waals surface area contributed by atoms with Crippen molar-refractivity contribution in [2.24, 2.45) is 5.73 Å². The molecule has 12 heteroatoms. The van der Waals surface area contributed by atoms with Crippen molar-refractivity contribution in [1.29, 1.82) is 0 Å². The number of carbonyl (C=O) groups excluding carboxylic acids is 3. The fourth-order valence-corrected chi connectivity index (χ4v) is 3.64. The molecule has 1 heterocycles. The van der Waals surface area contributed by atoms with Crippen molar-refractivity contribution in [2.75, 3.05) is 18.9 Å². The average Bonchev–Trinajstić information content (AvgIpc) is 3.26. The molecule has 0 aliphatic carbocycles. The number of hydrogen-bond donors (Lipinski definition) is 7. The van der Waals surface area contributed by atoms with Crippen LogP contribution in [0.1, 0.15) is 18.4 Å². The molecule has 4 unspecified atom stereocenters. The summed E-state index contributed by atoms with van der Waals surface area (Å²) in [6.45, 7) is -0.268. The van der Waals surface area contributed by atoms with Crippen molar-refractivity contribution in [1.82, 2.24) is 15.5 Å². The van der Waals surface area contributed by atoms with E-state index in [0.29, 0.717) is 24.9 Å². The van der Waals surface area contributed by atoms with Gasteiger partial charge in [-0.25, -0.2) is 4.79 Å². The van der Waals surface area contributed by atoms with Gasteiger partial charge in [0, 0.05) is 18.7 Å². The molecule has 0 aromatic heterocycles.